The molecule has 0 saturated heterocycles. The number of carboxylic acids is 1. The van der Waals surface area contributed by atoms with Gasteiger partial charge in [-0.2, -0.15) is 0 Å². The highest BCUT2D eigenvalue weighted by Crippen LogP contribution is 2.38. The van der Waals surface area contributed by atoms with Gasteiger partial charge < -0.3 is 9.84 Å². The van der Waals surface area contributed by atoms with Crippen molar-refractivity contribution < 1.29 is 19.4 Å². The van der Waals surface area contributed by atoms with Crippen molar-refractivity contribution in [3.05, 3.63) is 23.8 Å². The number of hydrogen-bond donors (Lipinski definition) is 1. The number of carboxylic acid groups (broad SMARTS) is 1. The maximum atomic E-state index is 11.7. The summed E-state index contributed by atoms with van der Waals surface area (Å²) in [7, 11) is 0. The van der Waals surface area contributed by atoms with E-state index in [1.807, 2.05) is 26.0 Å². The molecule has 1 N–H and O–H groups in total. The zero-order valence-corrected chi connectivity index (χ0v) is 10.3. The Morgan fingerprint density at radius 2 is 2.22 bits per heavy atom. The second-order valence-corrected chi connectivity index (χ2v) is 4.51. The normalized spacial score (nSPS) is 14.4. The Bertz CT molecular complexity index is 496. The van der Waals surface area contributed by atoms with Crippen molar-refractivity contribution in [1.29, 1.82) is 0 Å². The number of ether oxygens (including phenoxy) is 1. The lowest BCUT2D eigenvalue weighted by atomic mass is 10.00. The van der Waals surface area contributed by atoms with Crippen LogP contribution in [-0.2, 0) is 9.59 Å². The van der Waals surface area contributed by atoms with Crippen LogP contribution in [-0.4, -0.2) is 30.1 Å². The van der Waals surface area contributed by atoms with Crippen LogP contribution in [0.5, 0.6) is 5.75 Å². The van der Waals surface area contributed by atoms with Gasteiger partial charge in [-0.15, -0.1) is 0 Å². The molecule has 0 spiro atoms. The molecule has 0 radical (unpaired) electrons. The van der Waals surface area contributed by atoms with Gasteiger partial charge >= 0.3 is 5.97 Å². The van der Waals surface area contributed by atoms with E-state index in [2.05, 4.69) is 0 Å². The lowest BCUT2D eigenvalue weighted by molar-refractivity contribution is -0.137. The number of rotatable bonds is 3. The third-order valence-electron chi connectivity index (χ3n) is 2.87. The number of aliphatic carboxylic acids is 1. The first-order chi connectivity index (χ1) is 8.50. The van der Waals surface area contributed by atoms with E-state index >= 15 is 0 Å². The molecule has 0 saturated carbocycles. The van der Waals surface area contributed by atoms with Crippen molar-refractivity contribution in [1.82, 2.24) is 0 Å². The largest absolute Gasteiger partial charge is 0.481 e. The molecule has 1 aromatic carbocycles. The summed E-state index contributed by atoms with van der Waals surface area (Å²) in [5, 5.41) is 8.85. The summed E-state index contributed by atoms with van der Waals surface area (Å²) in [4.78, 5) is 23.8. The minimum absolute atomic E-state index is 0.107. The van der Waals surface area contributed by atoms with Gasteiger partial charge in [0.2, 0.25) is 0 Å². The number of carbonyl (C=O) groups is 2. The van der Waals surface area contributed by atoms with Crippen LogP contribution in [0.4, 0.5) is 5.69 Å². The van der Waals surface area contributed by atoms with Gasteiger partial charge in [-0.3, -0.25) is 14.5 Å². The van der Waals surface area contributed by atoms with Crippen LogP contribution < -0.4 is 9.64 Å². The summed E-state index contributed by atoms with van der Waals surface area (Å²) >= 11 is 0. The van der Waals surface area contributed by atoms with Crippen molar-refractivity contribution >= 4 is 17.6 Å². The molecule has 0 aliphatic carbocycles. The van der Waals surface area contributed by atoms with Crippen molar-refractivity contribution in [3.8, 4) is 5.75 Å². The fourth-order valence-electron chi connectivity index (χ4n) is 2.02. The molecule has 1 heterocycles. The van der Waals surface area contributed by atoms with Crippen LogP contribution >= 0.6 is 0 Å². The third kappa shape index (κ3) is 2.16. The number of benzene rings is 1. The first-order valence-electron chi connectivity index (χ1n) is 5.78. The Hall–Kier alpha value is -2.04. The van der Waals surface area contributed by atoms with E-state index in [0.29, 0.717) is 11.4 Å². The molecule has 1 aliphatic rings. The van der Waals surface area contributed by atoms with Crippen molar-refractivity contribution in [2.24, 2.45) is 0 Å². The van der Waals surface area contributed by atoms with E-state index in [0.717, 1.165) is 5.56 Å². The molecule has 96 valence electrons. The van der Waals surface area contributed by atoms with E-state index in [9.17, 15) is 9.59 Å². The minimum Gasteiger partial charge on any atom is -0.481 e. The first-order valence-corrected chi connectivity index (χ1v) is 5.78. The quantitative estimate of drug-likeness (QED) is 0.884. The number of amides is 1. The van der Waals surface area contributed by atoms with Gasteiger partial charge in [0, 0.05) is 0 Å². The lowest BCUT2D eigenvalue weighted by Gasteiger charge is -2.30. The monoisotopic (exact) mass is 249 g/mol. The van der Waals surface area contributed by atoms with Gasteiger partial charge in [-0.25, -0.2) is 0 Å². The predicted octanol–water partition coefficient (Wildman–Crippen LogP) is 1.62. The zero-order valence-electron chi connectivity index (χ0n) is 10.3. The molecule has 0 bridgehead atoms. The summed E-state index contributed by atoms with van der Waals surface area (Å²) in [6.45, 7) is 3.61. The fraction of sp³-hybridized carbons (Fsp3) is 0.385. The molecule has 1 aromatic rings. The van der Waals surface area contributed by atoms with Crippen molar-refractivity contribution in [2.75, 3.05) is 18.1 Å². The van der Waals surface area contributed by atoms with Crippen LogP contribution in [0.1, 0.15) is 25.3 Å². The van der Waals surface area contributed by atoms with Crippen LogP contribution in [0.15, 0.2) is 18.2 Å². The highest BCUT2D eigenvalue weighted by molar-refractivity contribution is 6.01. The highest BCUT2D eigenvalue weighted by Gasteiger charge is 2.29. The standard InChI is InChI=1S/C13H15NO4/c1-8(2)9-4-3-5-10-13(9)18-7-11(15)14(10)6-12(16)17/h3-5,8H,6-7H2,1-2H3,(H,16,17). The van der Waals surface area contributed by atoms with E-state index in [1.165, 1.54) is 4.90 Å². The molecule has 0 aromatic heterocycles. The minimum atomic E-state index is -1.04. The number of nitrogens with zero attached hydrogens (tertiary/aromatic N) is 1. The molecule has 18 heavy (non-hydrogen) atoms. The van der Waals surface area contributed by atoms with Gasteiger partial charge in [0.25, 0.3) is 5.91 Å². The van der Waals surface area contributed by atoms with Crippen molar-refractivity contribution in [2.45, 2.75) is 19.8 Å². The maximum absolute atomic E-state index is 11.7. The number of para-hydroxylation sites is 1. The number of fused-ring (bicyclic) bond motifs is 1. The SMILES string of the molecule is CC(C)c1cccc2c1OCC(=O)N2CC(=O)O. The van der Waals surface area contributed by atoms with Crippen LogP contribution in [0.25, 0.3) is 0 Å². The van der Waals surface area contributed by atoms with Gasteiger partial charge in [0.1, 0.15) is 12.3 Å². The topological polar surface area (TPSA) is 66.8 Å². The Morgan fingerprint density at radius 3 is 2.83 bits per heavy atom. The lowest BCUT2D eigenvalue weighted by Crippen LogP contribution is -2.42. The molecule has 5 nitrogen and oxygen atoms in total. The molecule has 1 aliphatic heterocycles. The zero-order chi connectivity index (χ0) is 13.3. The summed E-state index contributed by atoms with van der Waals surface area (Å²) in [6, 6.07) is 5.45. The number of anilines is 1. The Balaban J connectivity index is 2.47. The van der Waals surface area contributed by atoms with E-state index in [1.54, 1.807) is 6.07 Å². The molecule has 0 atom stereocenters. The molecule has 0 unspecified atom stereocenters. The highest BCUT2D eigenvalue weighted by atomic mass is 16.5. The Morgan fingerprint density at radius 1 is 1.50 bits per heavy atom. The fourth-order valence-corrected chi connectivity index (χ4v) is 2.02. The maximum Gasteiger partial charge on any atom is 0.323 e. The summed E-state index contributed by atoms with van der Waals surface area (Å²) in [5.41, 5.74) is 1.52. The summed E-state index contributed by atoms with van der Waals surface area (Å²) in [6.07, 6.45) is 0. The smallest absolute Gasteiger partial charge is 0.323 e. The Labute approximate surface area is 105 Å². The van der Waals surface area contributed by atoms with Gasteiger partial charge in [0.05, 0.1) is 5.69 Å². The van der Waals surface area contributed by atoms with Crippen LogP contribution in [0, 0.1) is 0 Å². The van der Waals surface area contributed by atoms with Crippen molar-refractivity contribution in [3.63, 3.8) is 0 Å². The average molecular weight is 249 g/mol. The number of carbonyl (C=O) groups excluding carboxylic acids is 1. The number of hydrogen-bond acceptors (Lipinski definition) is 3. The summed E-state index contributed by atoms with van der Waals surface area (Å²) in [5.74, 6) is -0.495. The molecular formula is C13H15NO4. The van der Waals surface area contributed by atoms with Gasteiger partial charge in [-0.05, 0) is 17.5 Å². The van der Waals surface area contributed by atoms with E-state index < -0.39 is 5.97 Å². The molecule has 0 fully saturated rings. The molecule has 1 amide bonds. The average Bonchev–Trinajstić information content (AvgIpc) is 2.31. The van der Waals surface area contributed by atoms with E-state index in [-0.39, 0.29) is 25.0 Å². The third-order valence-corrected chi connectivity index (χ3v) is 2.87. The molecule has 2 rings (SSSR count). The van der Waals surface area contributed by atoms with Crippen LogP contribution in [0.2, 0.25) is 0 Å². The van der Waals surface area contributed by atoms with Gasteiger partial charge in [-0.1, -0.05) is 26.0 Å². The van der Waals surface area contributed by atoms with Gasteiger partial charge in [0.15, 0.2) is 6.61 Å². The molecular weight excluding hydrogens is 234 g/mol. The second kappa shape index (κ2) is 4.68. The second-order valence-electron chi connectivity index (χ2n) is 4.51. The Kier molecular flexibility index (Phi) is 3.23. The van der Waals surface area contributed by atoms with E-state index in [4.69, 9.17) is 9.84 Å². The predicted molar refractivity (Wildman–Crippen MR) is 66.0 cm³/mol. The summed E-state index contributed by atoms with van der Waals surface area (Å²) < 4.78 is 5.46. The van der Waals surface area contributed by atoms with Crippen LogP contribution in [0.3, 0.4) is 0 Å². The molecule has 5 heteroatoms. The first kappa shape index (κ1) is 12.4.